The number of rotatable bonds is 11. The highest BCUT2D eigenvalue weighted by Crippen LogP contribution is 2.17. The van der Waals surface area contributed by atoms with E-state index in [4.69, 9.17) is 0 Å². The van der Waals surface area contributed by atoms with Gasteiger partial charge in [-0.3, -0.25) is 0 Å². The molecule has 1 heterocycles. The molecule has 0 aromatic rings. The van der Waals surface area contributed by atoms with Crippen LogP contribution in [0, 0.1) is 5.92 Å². The molecular formula is C16H33N. The van der Waals surface area contributed by atoms with Gasteiger partial charge in [0.2, 0.25) is 0 Å². The quantitative estimate of drug-likeness (QED) is 0.505. The first-order chi connectivity index (χ1) is 8.43. The molecular weight excluding hydrogens is 206 g/mol. The van der Waals surface area contributed by atoms with Gasteiger partial charge >= 0.3 is 0 Å². The summed E-state index contributed by atoms with van der Waals surface area (Å²) in [6.45, 7) is 4.85. The van der Waals surface area contributed by atoms with Gasteiger partial charge in [-0.1, -0.05) is 71.1 Å². The fraction of sp³-hybridized carbons (Fsp3) is 1.00. The van der Waals surface area contributed by atoms with Gasteiger partial charge in [0.1, 0.15) is 0 Å². The molecule has 1 heteroatoms. The van der Waals surface area contributed by atoms with Crippen LogP contribution in [0.3, 0.4) is 0 Å². The molecule has 1 aliphatic heterocycles. The predicted octanol–water partition coefficient (Wildman–Crippen LogP) is 4.91. The topological polar surface area (TPSA) is 12.0 Å². The van der Waals surface area contributed by atoms with Crippen molar-refractivity contribution in [1.82, 2.24) is 5.32 Å². The molecule has 0 amide bonds. The predicted molar refractivity (Wildman–Crippen MR) is 77.4 cm³/mol. The monoisotopic (exact) mass is 239 g/mol. The average Bonchev–Trinajstić information content (AvgIpc) is 2.85. The van der Waals surface area contributed by atoms with E-state index in [9.17, 15) is 0 Å². The van der Waals surface area contributed by atoms with Crippen LogP contribution in [0.1, 0.15) is 84.0 Å². The number of hydrogen-bond acceptors (Lipinski definition) is 1. The first kappa shape index (κ1) is 15.0. The van der Waals surface area contributed by atoms with Crippen LogP contribution in [-0.4, -0.2) is 13.1 Å². The van der Waals surface area contributed by atoms with Gasteiger partial charge in [-0.05, 0) is 31.8 Å². The molecule has 0 radical (unpaired) electrons. The van der Waals surface area contributed by atoms with E-state index in [0.717, 1.165) is 5.92 Å². The van der Waals surface area contributed by atoms with Crippen LogP contribution in [0.25, 0.3) is 0 Å². The van der Waals surface area contributed by atoms with Gasteiger partial charge in [0, 0.05) is 0 Å². The maximum atomic E-state index is 3.46. The van der Waals surface area contributed by atoms with Crippen molar-refractivity contribution in [2.24, 2.45) is 5.92 Å². The van der Waals surface area contributed by atoms with Crippen LogP contribution in [0.15, 0.2) is 0 Å². The molecule has 0 spiro atoms. The molecule has 0 bridgehead atoms. The Hall–Kier alpha value is -0.0400. The van der Waals surface area contributed by atoms with E-state index in [1.807, 2.05) is 0 Å². The van der Waals surface area contributed by atoms with Crippen LogP contribution in [-0.2, 0) is 0 Å². The van der Waals surface area contributed by atoms with Crippen molar-refractivity contribution in [3.63, 3.8) is 0 Å². The fourth-order valence-electron chi connectivity index (χ4n) is 2.88. The Labute approximate surface area is 109 Å². The minimum atomic E-state index is 1.00. The van der Waals surface area contributed by atoms with Crippen molar-refractivity contribution in [2.75, 3.05) is 13.1 Å². The Balaban J connectivity index is 1.69. The second kappa shape index (κ2) is 11.1. The molecule has 1 rings (SSSR count). The molecule has 0 saturated carbocycles. The maximum Gasteiger partial charge on any atom is -0.00200 e. The normalized spacial score (nSPS) is 19.9. The van der Waals surface area contributed by atoms with Crippen molar-refractivity contribution in [3.8, 4) is 0 Å². The minimum absolute atomic E-state index is 1.00. The third-order valence-electron chi connectivity index (χ3n) is 4.13. The van der Waals surface area contributed by atoms with Gasteiger partial charge in [0.15, 0.2) is 0 Å². The zero-order chi connectivity index (χ0) is 12.2. The van der Waals surface area contributed by atoms with Crippen LogP contribution in [0.4, 0.5) is 0 Å². The van der Waals surface area contributed by atoms with Crippen LogP contribution in [0.5, 0.6) is 0 Å². The first-order valence-corrected chi connectivity index (χ1v) is 8.14. The van der Waals surface area contributed by atoms with E-state index in [-0.39, 0.29) is 0 Å². The molecule has 1 atom stereocenters. The van der Waals surface area contributed by atoms with E-state index >= 15 is 0 Å². The second-order valence-corrected chi connectivity index (χ2v) is 5.83. The van der Waals surface area contributed by atoms with Crippen LogP contribution >= 0.6 is 0 Å². The van der Waals surface area contributed by atoms with Crippen molar-refractivity contribution in [2.45, 2.75) is 84.0 Å². The molecule has 0 aromatic carbocycles. The largest absolute Gasteiger partial charge is 0.316 e. The van der Waals surface area contributed by atoms with Crippen molar-refractivity contribution in [3.05, 3.63) is 0 Å². The molecule has 1 unspecified atom stereocenters. The second-order valence-electron chi connectivity index (χ2n) is 5.83. The summed E-state index contributed by atoms with van der Waals surface area (Å²) in [4.78, 5) is 0. The Kier molecular flexibility index (Phi) is 9.78. The summed E-state index contributed by atoms with van der Waals surface area (Å²) in [5.41, 5.74) is 0. The van der Waals surface area contributed by atoms with Gasteiger partial charge in [-0.25, -0.2) is 0 Å². The maximum absolute atomic E-state index is 3.46. The lowest BCUT2D eigenvalue weighted by Gasteiger charge is -2.07. The van der Waals surface area contributed by atoms with E-state index < -0.39 is 0 Å². The fourth-order valence-corrected chi connectivity index (χ4v) is 2.88. The molecule has 0 aromatic heterocycles. The van der Waals surface area contributed by atoms with Crippen LogP contribution < -0.4 is 5.32 Å². The zero-order valence-corrected chi connectivity index (χ0v) is 12.0. The van der Waals surface area contributed by atoms with Gasteiger partial charge in [0.25, 0.3) is 0 Å². The van der Waals surface area contributed by atoms with Crippen molar-refractivity contribution < 1.29 is 0 Å². The Morgan fingerprint density at radius 2 is 1.41 bits per heavy atom. The highest BCUT2D eigenvalue weighted by molar-refractivity contribution is 4.70. The summed E-state index contributed by atoms with van der Waals surface area (Å²) < 4.78 is 0. The van der Waals surface area contributed by atoms with E-state index in [0.29, 0.717) is 0 Å². The lowest BCUT2D eigenvalue weighted by Crippen LogP contribution is -2.08. The lowest BCUT2D eigenvalue weighted by atomic mass is 9.99. The van der Waals surface area contributed by atoms with Gasteiger partial charge in [0.05, 0.1) is 0 Å². The smallest absolute Gasteiger partial charge is 0.00200 e. The van der Waals surface area contributed by atoms with Gasteiger partial charge in [-0.2, -0.15) is 0 Å². The third kappa shape index (κ3) is 8.65. The molecule has 17 heavy (non-hydrogen) atoms. The van der Waals surface area contributed by atoms with Crippen molar-refractivity contribution in [1.29, 1.82) is 0 Å². The Morgan fingerprint density at radius 1 is 0.824 bits per heavy atom. The molecule has 1 saturated heterocycles. The standard InChI is InChI=1S/C16H33N/c1-2-3-4-5-6-7-8-9-10-11-12-16-13-14-17-15-16/h16-17H,2-15H2,1H3. The summed E-state index contributed by atoms with van der Waals surface area (Å²) in [6.07, 6.45) is 17.5. The van der Waals surface area contributed by atoms with Gasteiger partial charge in [-0.15, -0.1) is 0 Å². The third-order valence-corrected chi connectivity index (χ3v) is 4.13. The number of unbranched alkanes of at least 4 members (excludes halogenated alkanes) is 9. The Morgan fingerprint density at radius 3 is 1.94 bits per heavy atom. The molecule has 1 fully saturated rings. The van der Waals surface area contributed by atoms with Crippen LogP contribution in [0.2, 0.25) is 0 Å². The number of nitrogens with one attached hydrogen (secondary N) is 1. The zero-order valence-electron chi connectivity index (χ0n) is 12.0. The molecule has 0 aliphatic carbocycles. The highest BCUT2D eigenvalue weighted by Gasteiger charge is 2.12. The molecule has 102 valence electrons. The number of hydrogen-bond donors (Lipinski definition) is 1. The summed E-state index contributed by atoms with van der Waals surface area (Å²) in [7, 11) is 0. The first-order valence-electron chi connectivity index (χ1n) is 8.14. The SMILES string of the molecule is CCCCCCCCCCCCC1CCNC1. The molecule has 1 aliphatic rings. The van der Waals surface area contributed by atoms with E-state index in [2.05, 4.69) is 12.2 Å². The summed E-state index contributed by atoms with van der Waals surface area (Å²) >= 11 is 0. The summed E-state index contributed by atoms with van der Waals surface area (Å²) in [6, 6.07) is 0. The average molecular weight is 239 g/mol. The van der Waals surface area contributed by atoms with E-state index in [1.54, 1.807) is 0 Å². The Bertz CT molecular complexity index is 150. The molecule has 1 nitrogen and oxygen atoms in total. The highest BCUT2D eigenvalue weighted by atomic mass is 14.9. The summed E-state index contributed by atoms with van der Waals surface area (Å²) in [5, 5.41) is 3.46. The summed E-state index contributed by atoms with van der Waals surface area (Å²) in [5.74, 6) is 1.00. The van der Waals surface area contributed by atoms with E-state index in [1.165, 1.54) is 90.1 Å². The lowest BCUT2D eigenvalue weighted by molar-refractivity contribution is 0.479. The molecule has 1 N–H and O–H groups in total. The van der Waals surface area contributed by atoms with Gasteiger partial charge < -0.3 is 5.32 Å². The minimum Gasteiger partial charge on any atom is -0.316 e. The van der Waals surface area contributed by atoms with Crippen molar-refractivity contribution >= 4 is 0 Å².